The number of carboxylic acids is 1. The number of carbonyl (C=O) groups is 1. The average molecular weight is 249 g/mol. The summed E-state index contributed by atoms with van der Waals surface area (Å²) in [4.78, 5) is 12.7. The van der Waals surface area contributed by atoms with Crippen LogP contribution in [0.5, 0.6) is 0 Å². The Morgan fingerprint density at radius 1 is 1.47 bits per heavy atom. The molecule has 1 aromatic heterocycles. The highest BCUT2D eigenvalue weighted by Gasteiger charge is 2.09. The van der Waals surface area contributed by atoms with Gasteiger partial charge in [-0.1, -0.05) is 11.8 Å². The van der Waals surface area contributed by atoms with Crippen LogP contribution in [0.1, 0.15) is 10.4 Å². The van der Waals surface area contributed by atoms with Crippen molar-refractivity contribution in [1.82, 2.24) is 9.78 Å². The van der Waals surface area contributed by atoms with Crippen LogP contribution in [0.3, 0.4) is 0 Å². The predicted octanol–water partition coefficient (Wildman–Crippen LogP) is 1.85. The highest BCUT2D eigenvalue weighted by atomic mass is 32.2. The summed E-state index contributed by atoms with van der Waals surface area (Å²) in [6.45, 7) is 0. The van der Waals surface area contributed by atoms with E-state index < -0.39 is 5.97 Å². The van der Waals surface area contributed by atoms with E-state index in [-0.39, 0.29) is 11.3 Å². The lowest BCUT2D eigenvalue weighted by molar-refractivity contribution is 0.0698. The highest BCUT2D eigenvalue weighted by Crippen LogP contribution is 2.29. The SMILES string of the molecule is Cn1cc(Sc2ccc(N)c(C(=O)O)c2)cn1. The van der Waals surface area contributed by atoms with Gasteiger partial charge in [-0.15, -0.1) is 0 Å². The largest absolute Gasteiger partial charge is 0.478 e. The number of nitrogen functional groups attached to an aromatic ring is 1. The molecule has 0 spiro atoms. The third-order valence-corrected chi connectivity index (χ3v) is 3.11. The molecule has 0 radical (unpaired) electrons. The van der Waals surface area contributed by atoms with E-state index in [1.807, 2.05) is 13.2 Å². The molecule has 0 aliphatic rings. The number of nitrogens with two attached hydrogens (primary N) is 1. The molecule has 0 atom stereocenters. The quantitative estimate of drug-likeness (QED) is 0.811. The number of hydrogen-bond donors (Lipinski definition) is 2. The first kappa shape index (κ1) is 11.5. The maximum atomic E-state index is 10.9. The van der Waals surface area contributed by atoms with Gasteiger partial charge in [0.25, 0.3) is 0 Å². The van der Waals surface area contributed by atoms with Crippen molar-refractivity contribution in [3.63, 3.8) is 0 Å². The Kier molecular flexibility index (Phi) is 3.06. The van der Waals surface area contributed by atoms with Crippen LogP contribution in [0.4, 0.5) is 5.69 Å². The molecule has 0 amide bonds. The molecule has 2 aromatic rings. The Morgan fingerprint density at radius 3 is 2.82 bits per heavy atom. The lowest BCUT2D eigenvalue weighted by Gasteiger charge is -2.03. The summed E-state index contributed by atoms with van der Waals surface area (Å²) < 4.78 is 1.69. The molecule has 3 N–H and O–H groups in total. The molecule has 6 heteroatoms. The molecule has 0 fully saturated rings. The minimum atomic E-state index is -1.02. The lowest BCUT2D eigenvalue weighted by atomic mass is 10.2. The molecule has 0 bridgehead atoms. The van der Waals surface area contributed by atoms with E-state index in [0.717, 1.165) is 9.79 Å². The first-order chi connectivity index (χ1) is 8.06. The van der Waals surface area contributed by atoms with Gasteiger partial charge in [-0.25, -0.2) is 4.79 Å². The summed E-state index contributed by atoms with van der Waals surface area (Å²) in [5.74, 6) is -1.02. The Labute approximate surface area is 102 Å². The first-order valence-corrected chi connectivity index (χ1v) is 5.67. The lowest BCUT2D eigenvalue weighted by Crippen LogP contribution is -2.01. The minimum Gasteiger partial charge on any atom is -0.478 e. The predicted molar refractivity (Wildman–Crippen MR) is 65.1 cm³/mol. The van der Waals surface area contributed by atoms with Gasteiger partial charge in [-0.3, -0.25) is 4.68 Å². The summed E-state index contributed by atoms with van der Waals surface area (Å²) in [5, 5.41) is 13.0. The second kappa shape index (κ2) is 4.50. The van der Waals surface area contributed by atoms with Crippen molar-refractivity contribution in [2.24, 2.45) is 7.05 Å². The fourth-order valence-electron chi connectivity index (χ4n) is 1.37. The average Bonchev–Trinajstić information content (AvgIpc) is 2.66. The highest BCUT2D eigenvalue weighted by molar-refractivity contribution is 7.99. The van der Waals surface area contributed by atoms with Crippen molar-refractivity contribution in [3.05, 3.63) is 36.2 Å². The van der Waals surface area contributed by atoms with Gasteiger partial charge in [0.05, 0.1) is 16.7 Å². The van der Waals surface area contributed by atoms with Gasteiger partial charge in [-0.05, 0) is 18.2 Å². The summed E-state index contributed by atoms with van der Waals surface area (Å²) in [6.07, 6.45) is 3.59. The zero-order valence-electron chi connectivity index (χ0n) is 9.12. The second-order valence-electron chi connectivity index (χ2n) is 3.51. The van der Waals surface area contributed by atoms with Crippen molar-refractivity contribution in [3.8, 4) is 0 Å². The van der Waals surface area contributed by atoms with Crippen molar-refractivity contribution in [2.75, 3.05) is 5.73 Å². The molecule has 0 saturated heterocycles. The number of aryl methyl sites for hydroxylation is 1. The zero-order valence-corrected chi connectivity index (χ0v) is 9.94. The molecular formula is C11H11N3O2S. The van der Waals surface area contributed by atoms with Gasteiger partial charge in [0, 0.05) is 23.8 Å². The van der Waals surface area contributed by atoms with E-state index in [2.05, 4.69) is 5.10 Å². The number of rotatable bonds is 3. The molecule has 0 saturated carbocycles. The minimum absolute atomic E-state index is 0.124. The van der Waals surface area contributed by atoms with E-state index in [0.29, 0.717) is 0 Å². The fraction of sp³-hybridized carbons (Fsp3) is 0.0909. The molecule has 0 aliphatic carbocycles. The molecule has 2 rings (SSSR count). The van der Waals surface area contributed by atoms with Gasteiger partial charge in [-0.2, -0.15) is 5.10 Å². The molecule has 5 nitrogen and oxygen atoms in total. The molecule has 0 aliphatic heterocycles. The van der Waals surface area contributed by atoms with Crippen molar-refractivity contribution in [1.29, 1.82) is 0 Å². The van der Waals surface area contributed by atoms with Crippen LogP contribution in [0.25, 0.3) is 0 Å². The Morgan fingerprint density at radius 2 is 2.24 bits per heavy atom. The normalized spacial score (nSPS) is 10.4. The van der Waals surface area contributed by atoms with E-state index in [1.54, 1.807) is 29.1 Å². The van der Waals surface area contributed by atoms with Crippen molar-refractivity contribution in [2.45, 2.75) is 9.79 Å². The molecule has 1 aromatic carbocycles. The number of aromatic nitrogens is 2. The summed E-state index contributed by atoms with van der Waals surface area (Å²) in [5.41, 5.74) is 5.98. The number of hydrogen-bond acceptors (Lipinski definition) is 4. The van der Waals surface area contributed by atoms with Gasteiger partial charge in [0.15, 0.2) is 0 Å². The fourth-order valence-corrected chi connectivity index (χ4v) is 2.26. The van der Waals surface area contributed by atoms with Crippen molar-refractivity contribution < 1.29 is 9.90 Å². The summed E-state index contributed by atoms with van der Waals surface area (Å²) >= 11 is 1.45. The monoisotopic (exact) mass is 249 g/mol. The van der Waals surface area contributed by atoms with Crippen LogP contribution in [-0.4, -0.2) is 20.9 Å². The number of nitrogens with zero attached hydrogens (tertiary/aromatic N) is 2. The molecule has 88 valence electrons. The maximum absolute atomic E-state index is 10.9. The Balaban J connectivity index is 2.28. The van der Waals surface area contributed by atoms with E-state index >= 15 is 0 Å². The van der Waals surface area contributed by atoms with Crippen LogP contribution in [0, 0.1) is 0 Å². The van der Waals surface area contributed by atoms with Crippen LogP contribution in [0.2, 0.25) is 0 Å². The number of aromatic carboxylic acids is 1. The summed E-state index contributed by atoms with van der Waals surface area (Å²) in [6, 6.07) is 4.96. The van der Waals surface area contributed by atoms with E-state index in [9.17, 15) is 4.79 Å². The topological polar surface area (TPSA) is 81.1 Å². The smallest absolute Gasteiger partial charge is 0.337 e. The zero-order chi connectivity index (χ0) is 12.4. The van der Waals surface area contributed by atoms with E-state index in [4.69, 9.17) is 10.8 Å². The molecular weight excluding hydrogens is 238 g/mol. The third kappa shape index (κ3) is 2.59. The molecule has 0 unspecified atom stereocenters. The summed E-state index contributed by atoms with van der Waals surface area (Å²) in [7, 11) is 1.83. The molecule has 1 heterocycles. The van der Waals surface area contributed by atoms with Gasteiger partial charge < -0.3 is 10.8 Å². The van der Waals surface area contributed by atoms with Gasteiger partial charge in [0.1, 0.15) is 0 Å². The van der Waals surface area contributed by atoms with Crippen LogP contribution in [-0.2, 0) is 7.05 Å². The first-order valence-electron chi connectivity index (χ1n) is 4.85. The van der Waals surface area contributed by atoms with E-state index in [1.165, 1.54) is 11.8 Å². The second-order valence-corrected chi connectivity index (χ2v) is 4.65. The van der Waals surface area contributed by atoms with Crippen LogP contribution >= 0.6 is 11.8 Å². The Bertz CT molecular complexity index is 566. The number of anilines is 1. The van der Waals surface area contributed by atoms with Gasteiger partial charge in [0.2, 0.25) is 0 Å². The molecule has 17 heavy (non-hydrogen) atoms. The number of benzene rings is 1. The van der Waals surface area contributed by atoms with Gasteiger partial charge >= 0.3 is 5.97 Å². The Hall–Kier alpha value is -1.95. The standard InChI is InChI=1S/C11H11N3O2S/c1-14-6-8(5-13-14)17-7-2-3-10(12)9(4-7)11(15)16/h2-6H,12H2,1H3,(H,15,16). The third-order valence-electron chi connectivity index (χ3n) is 2.17. The van der Waals surface area contributed by atoms with Crippen molar-refractivity contribution >= 4 is 23.4 Å². The number of carboxylic acid groups (broad SMARTS) is 1. The van der Waals surface area contributed by atoms with Crippen LogP contribution < -0.4 is 5.73 Å². The van der Waals surface area contributed by atoms with Crippen LogP contribution in [0.15, 0.2) is 40.4 Å². The maximum Gasteiger partial charge on any atom is 0.337 e.